The number of rotatable bonds is 34. The number of esters is 2. The third-order valence-corrected chi connectivity index (χ3v) is 10.7. The maximum Gasteiger partial charge on any atom is 0.333 e. The second-order valence-electron chi connectivity index (χ2n) is 19.2. The van der Waals surface area contributed by atoms with Crippen molar-refractivity contribution in [3.8, 4) is 23.0 Å². The van der Waals surface area contributed by atoms with Crippen LogP contribution >= 0.6 is 0 Å². The molecule has 0 aliphatic rings. The Bertz CT molecular complexity index is 2080. The van der Waals surface area contributed by atoms with Crippen LogP contribution in [0, 0.1) is 55.4 Å². The van der Waals surface area contributed by atoms with Gasteiger partial charge in [-0.05, 0) is 188 Å². The Morgan fingerprint density at radius 3 is 0.851 bits per heavy atom. The third-order valence-electron chi connectivity index (χ3n) is 10.7. The van der Waals surface area contributed by atoms with Gasteiger partial charge in [0, 0.05) is 37.6 Å². The van der Waals surface area contributed by atoms with Gasteiger partial charge in [-0.2, -0.15) is 0 Å². The lowest BCUT2D eigenvalue weighted by Gasteiger charge is -2.20. The molecule has 14 heteroatoms. The summed E-state index contributed by atoms with van der Waals surface area (Å²) >= 11 is 0. The largest absolute Gasteiger partial charge is 0.491 e. The molecule has 4 unspecified atom stereocenters. The number of aryl methyl sites for hydroxylation is 8. The van der Waals surface area contributed by atoms with Crippen LogP contribution in [0.15, 0.2) is 97.1 Å². The first-order valence-electron chi connectivity index (χ1n) is 25.5. The lowest BCUT2D eigenvalue weighted by Crippen LogP contribution is -2.30. The van der Waals surface area contributed by atoms with Crippen LogP contribution in [0.25, 0.3) is 0 Å². The molecule has 4 rings (SSSR count). The maximum absolute atomic E-state index is 12.1. The van der Waals surface area contributed by atoms with E-state index in [0.717, 1.165) is 81.7 Å². The van der Waals surface area contributed by atoms with Gasteiger partial charge in [-0.1, -0.05) is 37.4 Å². The smallest absolute Gasteiger partial charge is 0.333 e. The SMILES string of the molecule is C=C(C)C(=O)OC(COCCCCOCC(COc1cc(C)cc(C)c1)OC(=O)C(=C)C)COc1cc(C)cc(C)c1.Cc1cc(C)cc(OCC(O)COCCCCOCC(O)COc2cc(C)cc(C)c2)c1. The summed E-state index contributed by atoms with van der Waals surface area (Å²) in [5.74, 6) is 2.00. The number of carbonyl (C=O) groups is 2. The molecule has 0 bridgehead atoms. The van der Waals surface area contributed by atoms with Crippen LogP contribution in [-0.2, 0) is 38.0 Å². The minimum atomic E-state index is -0.667. The van der Waals surface area contributed by atoms with E-state index in [1.807, 2.05) is 104 Å². The van der Waals surface area contributed by atoms with Crippen LogP contribution in [0.5, 0.6) is 23.0 Å². The first-order chi connectivity index (χ1) is 35.2. The topological polar surface area (TPSA) is 167 Å². The summed E-state index contributed by atoms with van der Waals surface area (Å²) in [6.07, 6.45) is 0.612. The monoisotopic (exact) mass is 1030 g/mol. The normalized spacial score (nSPS) is 12.6. The summed E-state index contributed by atoms with van der Waals surface area (Å²) in [4.78, 5) is 24.2. The van der Waals surface area contributed by atoms with Gasteiger partial charge in [0.05, 0.1) is 26.4 Å². The molecule has 0 heterocycles. The van der Waals surface area contributed by atoms with Crippen LogP contribution in [0.2, 0.25) is 0 Å². The molecule has 408 valence electrons. The van der Waals surface area contributed by atoms with E-state index >= 15 is 0 Å². The fraction of sp³-hybridized carbons (Fsp3) is 0.500. The second-order valence-corrected chi connectivity index (χ2v) is 19.2. The van der Waals surface area contributed by atoms with E-state index in [9.17, 15) is 19.8 Å². The minimum absolute atomic E-state index is 0.166. The molecular weight excluding hydrogens is 945 g/mol. The van der Waals surface area contributed by atoms with Crippen LogP contribution in [-0.4, -0.2) is 126 Å². The van der Waals surface area contributed by atoms with Crippen LogP contribution in [0.1, 0.15) is 84.0 Å². The highest BCUT2D eigenvalue weighted by Gasteiger charge is 2.19. The number of aliphatic hydroxyl groups is 2. The Hall–Kier alpha value is -5.74. The zero-order valence-corrected chi connectivity index (χ0v) is 45.8. The van der Waals surface area contributed by atoms with Crippen molar-refractivity contribution in [3.05, 3.63) is 142 Å². The van der Waals surface area contributed by atoms with E-state index in [1.165, 1.54) is 0 Å². The van der Waals surface area contributed by atoms with E-state index in [-0.39, 0.29) is 52.9 Å². The molecule has 0 fully saturated rings. The number of aliphatic hydroxyl groups excluding tert-OH is 2. The van der Waals surface area contributed by atoms with Crippen molar-refractivity contribution in [2.45, 2.75) is 119 Å². The summed E-state index contributed by atoms with van der Waals surface area (Å²) in [5, 5.41) is 20.0. The van der Waals surface area contributed by atoms with Crippen LogP contribution in [0.4, 0.5) is 0 Å². The molecule has 4 aromatic carbocycles. The number of hydrogen-bond donors (Lipinski definition) is 2. The van der Waals surface area contributed by atoms with Gasteiger partial charge < -0.3 is 57.6 Å². The summed E-state index contributed by atoms with van der Waals surface area (Å²) in [6.45, 7) is 30.2. The Labute approximate surface area is 440 Å². The second kappa shape index (κ2) is 34.7. The molecule has 2 N–H and O–H groups in total. The molecule has 0 saturated heterocycles. The molecule has 0 radical (unpaired) electrons. The first-order valence-corrected chi connectivity index (χ1v) is 25.5. The van der Waals surface area contributed by atoms with Gasteiger partial charge in [-0.3, -0.25) is 0 Å². The van der Waals surface area contributed by atoms with Gasteiger partial charge in [0.25, 0.3) is 0 Å². The fourth-order valence-corrected chi connectivity index (χ4v) is 7.35. The molecule has 0 aliphatic carbocycles. The van der Waals surface area contributed by atoms with E-state index < -0.39 is 36.4 Å². The van der Waals surface area contributed by atoms with Gasteiger partial charge in [0.2, 0.25) is 0 Å². The number of carbonyl (C=O) groups excluding carboxylic acids is 2. The van der Waals surface area contributed by atoms with E-state index in [0.29, 0.717) is 49.1 Å². The van der Waals surface area contributed by atoms with Gasteiger partial charge >= 0.3 is 11.9 Å². The standard InChI is InChI=1S/C34H46O8.C26H38O6/c1-23(2)33(35)41-31(21-39-29-15-25(5)13-26(6)16-29)19-37-11-9-10-12-38-20-32(42-34(36)24(3)4)22-40-30-17-27(7)14-28(8)18-30;1-19-9-20(2)12-25(11-19)31-17-23(27)15-29-7-5-6-8-30-16-24(28)18-32-26-13-21(3)10-22(4)14-26/h13-18,31-32H,1,3,9-12,19-22H2,2,4-8H3;9-14,23-24,27-28H,5-8,15-18H2,1-4H3. The van der Waals surface area contributed by atoms with Crippen molar-refractivity contribution < 1.29 is 67.2 Å². The first kappa shape index (κ1) is 62.6. The molecule has 14 nitrogen and oxygen atoms in total. The highest BCUT2D eigenvalue weighted by atomic mass is 16.6. The van der Waals surface area contributed by atoms with Gasteiger partial charge in [-0.15, -0.1) is 0 Å². The van der Waals surface area contributed by atoms with Crippen molar-refractivity contribution in [1.29, 1.82) is 0 Å². The van der Waals surface area contributed by atoms with E-state index in [4.69, 9.17) is 47.4 Å². The molecular formula is C60H84O14. The number of ether oxygens (including phenoxy) is 10. The lowest BCUT2D eigenvalue weighted by molar-refractivity contribution is -0.150. The number of benzene rings is 4. The van der Waals surface area contributed by atoms with Crippen molar-refractivity contribution in [1.82, 2.24) is 0 Å². The molecule has 0 saturated carbocycles. The molecule has 4 atom stereocenters. The Morgan fingerprint density at radius 1 is 0.378 bits per heavy atom. The Balaban J connectivity index is 0.000000405. The maximum atomic E-state index is 12.1. The molecule has 0 aromatic heterocycles. The van der Waals surface area contributed by atoms with Crippen LogP contribution < -0.4 is 18.9 Å². The fourth-order valence-electron chi connectivity index (χ4n) is 7.35. The number of unbranched alkanes of at least 4 members (excludes halogenated alkanes) is 2. The highest BCUT2D eigenvalue weighted by molar-refractivity contribution is 5.87. The summed E-state index contributed by atoms with van der Waals surface area (Å²) in [6, 6.07) is 23.8. The van der Waals surface area contributed by atoms with E-state index in [1.54, 1.807) is 13.8 Å². The van der Waals surface area contributed by atoms with Gasteiger partial charge in [-0.25, -0.2) is 9.59 Å². The summed E-state index contributed by atoms with van der Waals surface area (Å²) in [5.41, 5.74) is 9.53. The van der Waals surface area contributed by atoms with Crippen molar-refractivity contribution in [2.75, 3.05) is 79.3 Å². The van der Waals surface area contributed by atoms with Crippen molar-refractivity contribution in [3.63, 3.8) is 0 Å². The molecule has 74 heavy (non-hydrogen) atoms. The van der Waals surface area contributed by atoms with Crippen LogP contribution in [0.3, 0.4) is 0 Å². The molecule has 4 aromatic rings. The summed E-state index contributed by atoms with van der Waals surface area (Å²) in [7, 11) is 0. The highest BCUT2D eigenvalue weighted by Crippen LogP contribution is 2.20. The predicted molar refractivity (Wildman–Crippen MR) is 289 cm³/mol. The van der Waals surface area contributed by atoms with Gasteiger partial charge in [0.15, 0.2) is 12.2 Å². The molecule has 0 aliphatic heterocycles. The predicted octanol–water partition coefficient (Wildman–Crippen LogP) is 10.1. The van der Waals surface area contributed by atoms with Crippen molar-refractivity contribution >= 4 is 11.9 Å². The molecule has 0 amide bonds. The zero-order valence-electron chi connectivity index (χ0n) is 45.8. The zero-order chi connectivity index (χ0) is 54.4. The summed E-state index contributed by atoms with van der Waals surface area (Å²) < 4.78 is 56.7. The van der Waals surface area contributed by atoms with E-state index in [2.05, 4.69) is 37.4 Å². The number of hydrogen-bond acceptors (Lipinski definition) is 14. The average molecular weight is 1030 g/mol. The third kappa shape index (κ3) is 28.1. The lowest BCUT2D eigenvalue weighted by atomic mass is 10.1. The Kier molecular flexibility index (Phi) is 29.3. The minimum Gasteiger partial charge on any atom is -0.491 e. The van der Waals surface area contributed by atoms with Crippen molar-refractivity contribution in [2.24, 2.45) is 0 Å². The molecule has 0 spiro atoms. The quantitative estimate of drug-likeness (QED) is 0.0258. The average Bonchev–Trinajstić information content (AvgIpc) is 3.31. The Morgan fingerprint density at radius 2 is 0.608 bits per heavy atom. The van der Waals surface area contributed by atoms with Gasteiger partial charge in [0.1, 0.15) is 61.6 Å².